The van der Waals surface area contributed by atoms with Crippen LogP contribution >= 0.6 is 0 Å². The van der Waals surface area contributed by atoms with Crippen LogP contribution in [0.4, 0.5) is 13.2 Å². The molecule has 2 aromatic carbocycles. The van der Waals surface area contributed by atoms with Crippen molar-refractivity contribution in [2.45, 2.75) is 12.7 Å². The first-order valence-electron chi connectivity index (χ1n) is 6.42. The molecule has 0 spiro atoms. The Bertz CT molecular complexity index is 591. The Morgan fingerprint density at radius 2 is 1.57 bits per heavy atom. The van der Waals surface area contributed by atoms with Crippen molar-refractivity contribution in [2.75, 3.05) is 6.54 Å². The first-order valence-corrected chi connectivity index (χ1v) is 6.42. The fourth-order valence-corrected chi connectivity index (χ4v) is 1.86. The predicted octanol–water partition coefficient (Wildman–Crippen LogP) is 3.68. The van der Waals surface area contributed by atoms with E-state index in [1.165, 1.54) is 12.1 Å². The zero-order valence-corrected chi connectivity index (χ0v) is 11.2. The maximum atomic E-state index is 12.4. The minimum atomic E-state index is -4.38. The number of ketones is 1. The molecule has 0 aliphatic rings. The first-order chi connectivity index (χ1) is 9.97. The van der Waals surface area contributed by atoms with Gasteiger partial charge in [0, 0.05) is 12.1 Å². The number of Topliss-reactive ketones (excluding diaryl/α,β-unsaturated/α-hetero) is 1. The number of rotatable bonds is 5. The van der Waals surface area contributed by atoms with E-state index < -0.39 is 11.7 Å². The van der Waals surface area contributed by atoms with Crippen LogP contribution in [0.1, 0.15) is 21.5 Å². The highest BCUT2D eigenvalue weighted by Crippen LogP contribution is 2.29. The zero-order valence-electron chi connectivity index (χ0n) is 11.2. The molecule has 0 atom stereocenters. The van der Waals surface area contributed by atoms with Gasteiger partial charge in [-0.25, -0.2) is 0 Å². The molecule has 0 bridgehead atoms. The van der Waals surface area contributed by atoms with Gasteiger partial charge in [0.25, 0.3) is 0 Å². The monoisotopic (exact) mass is 293 g/mol. The molecule has 0 amide bonds. The van der Waals surface area contributed by atoms with Crippen molar-refractivity contribution in [1.82, 2.24) is 5.32 Å². The molecule has 0 aliphatic heterocycles. The van der Waals surface area contributed by atoms with Crippen LogP contribution in [0.2, 0.25) is 0 Å². The van der Waals surface area contributed by atoms with Gasteiger partial charge in [0.05, 0.1) is 12.1 Å². The topological polar surface area (TPSA) is 29.1 Å². The zero-order chi connectivity index (χ0) is 15.3. The summed E-state index contributed by atoms with van der Waals surface area (Å²) in [6, 6.07) is 13.8. The molecule has 0 saturated heterocycles. The molecular weight excluding hydrogens is 279 g/mol. The van der Waals surface area contributed by atoms with E-state index >= 15 is 0 Å². The molecule has 0 heterocycles. The van der Waals surface area contributed by atoms with Gasteiger partial charge in [0.1, 0.15) is 0 Å². The number of nitrogens with one attached hydrogen (secondary N) is 1. The Balaban J connectivity index is 1.89. The lowest BCUT2D eigenvalue weighted by molar-refractivity contribution is -0.137. The predicted molar refractivity (Wildman–Crippen MR) is 73.9 cm³/mol. The molecule has 0 aromatic heterocycles. The number of carbonyl (C=O) groups excluding carboxylic acids is 1. The summed E-state index contributed by atoms with van der Waals surface area (Å²) in [4.78, 5) is 11.9. The van der Waals surface area contributed by atoms with E-state index in [1.54, 1.807) is 0 Å². The number of halogens is 3. The quantitative estimate of drug-likeness (QED) is 0.852. The highest BCUT2D eigenvalue weighted by Gasteiger charge is 2.30. The summed E-state index contributed by atoms with van der Waals surface area (Å²) in [7, 11) is 0. The van der Waals surface area contributed by atoms with E-state index in [1.807, 2.05) is 30.3 Å². The van der Waals surface area contributed by atoms with Gasteiger partial charge in [-0.2, -0.15) is 13.2 Å². The van der Waals surface area contributed by atoms with Crippen LogP contribution in [0.25, 0.3) is 0 Å². The molecule has 0 aliphatic carbocycles. The second-order valence-electron chi connectivity index (χ2n) is 4.59. The maximum Gasteiger partial charge on any atom is 0.416 e. The molecule has 21 heavy (non-hydrogen) atoms. The van der Waals surface area contributed by atoms with Crippen LogP contribution in [0.15, 0.2) is 54.6 Å². The molecule has 1 N–H and O–H groups in total. The lowest BCUT2D eigenvalue weighted by Crippen LogP contribution is -2.22. The Morgan fingerprint density at radius 1 is 0.952 bits per heavy atom. The molecule has 2 nitrogen and oxygen atoms in total. The molecule has 0 radical (unpaired) electrons. The van der Waals surface area contributed by atoms with Crippen LogP contribution in [0, 0.1) is 0 Å². The molecule has 0 unspecified atom stereocenters. The summed E-state index contributed by atoms with van der Waals surface area (Å²) in [5.41, 5.74) is 0.553. The van der Waals surface area contributed by atoms with Gasteiger partial charge in [0.2, 0.25) is 0 Å². The van der Waals surface area contributed by atoms with Crippen molar-refractivity contribution in [1.29, 1.82) is 0 Å². The summed E-state index contributed by atoms with van der Waals surface area (Å²) < 4.78 is 37.2. The van der Waals surface area contributed by atoms with Crippen molar-refractivity contribution >= 4 is 5.78 Å². The number of alkyl halides is 3. The van der Waals surface area contributed by atoms with E-state index in [0.717, 1.165) is 17.7 Å². The first kappa shape index (κ1) is 15.3. The molecule has 2 aromatic rings. The third kappa shape index (κ3) is 4.43. The van der Waals surface area contributed by atoms with Crippen LogP contribution in [-0.2, 0) is 12.7 Å². The average Bonchev–Trinajstić information content (AvgIpc) is 2.47. The van der Waals surface area contributed by atoms with E-state index in [4.69, 9.17) is 0 Å². The van der Waals surface area contributed by atoms with Crippen molar-refractivity contribution in [3.63, 3.8) is 0 Å². The molecule has 110 valence electrons. The average molecular weight is 293 g/mol. The smallest absolute Gasteiger partial charge is 0.306 e. The minimum absolute atomic E-state index is 0.0836. The minimum Gasteiger partial charge on any atom is -0.306 e. The lowest BCUT2D eigenvalue weighted by Gasteiger charge is -2.08. The summed E-state index contributed by atoms with van der Waals surface area (Å²) in [6.45, 7) is 0.619. The van der Waals surface area contributed by atoms with Crippen molar-refractivity contribution in [3.8, 4) is 0 Å². The van der Waals surface area contributed by atoms with Crippen LogP contribution in [-0.4, -0.2) is 12.3 Å². The van der Waals surface area contributed by atoms with Crippen LogP contribution in [0.5, 0.6) is 0 Å². The number of carbonyl (C=O) groups is 1. The summed E-state index contributed by atoms with van der Waals surface area (Å²) >= 11 is 0. The highest BCUT2D eigenvalue weighted by molar-refractivity contribution is 5.97. The Morgan fingerprint density at radius 3 is 2.14 bits per heavy atom. The standard InChI is InChI=1S/C16H14F3NO/c17-16(18,19)14-8-6-13(7-9-14)15(21)11-20-10-12-4-2-1-3-5-12/h1-9,20H,10-11H2. The van der Waals surface area contributed by atoms with E-state index in [-0.39, 0.29) is 17.9 Å². The maximum absolute atomic E-state index is 12.4. The number of hydrogen-bond acceptors (Lipinski definition) is 2. The van der Waals surface area contributed by atoms with Gasteiger partial charge in [-0.15, -0.1) is 0 Å². The Kier molecular flexibility index (Phi) is 4.75. The van der Waals surface area contributed by atoms with Gasteiger partial charge < -0.3 is 5.32 Å². The fraction of sp³-hybridized carbons (Fsp3) is 0.188. The summed E-state index contributed by atoms with van der Waals surface area (Å²) in [6.07, 6.45) is -4.38. The van der Waals surface area contributed by atoms with E-state index in [9.17, 15) is 18.0 Å². The summed E-state index contributed by atoms with van der Waals surface area (Å²) in [5.74, 6) is -0.236. The SMILES string of the molecule is O=C(CNCc1ccccc1)c1ccc(C(F)(F)F)cc1. The van der Waals surface area contributed by atoms with Crippen LogP contribution < -0.4 is 5.32 Å². The van der Waals surface area contributed by atoms with E-state index in [2.05, 4.69) is 5.32 Å². The largest absolute Gasteiger partial charge is 0.416 e. The van der Waals surface area contributed by atoms with Gasteiger partial charge >= 0.3 is 6.18 Å². The third-order valence-electron chi connectivity index (χ3n) is 2.99. The molecule has 0 fully saturated rings. The van der Waals surface area contributed by atoms with Gasteiger partial charge in [-0.05, 0) is 17.7 Å². The van der Waals surface area contributed by atoms with Crippen molar-refractivity contribution < 1.29 is 18.0 Å². The molecular formula is C16H14F3NO. The lowest BCUT2D eigenvalue weighted by atomic mass is 10.1. The second kappa shape index (κ2) is 6.54. The van der Waals surface area contributed by atoms with E-state index in [0.29, 0.717) is 6.54 Å². The second-order valence-corrected chi connectivity index (χ2v) is 4.59. The molecule has 0 saturated carbocycles. The Labute approximate surface area is 120 Å². The van der Waals surface area contributed by atoms with Gasteiger partial charge in [0.15, 0.2) is 5.78 Å². The number of hydrogen-bond donors (Lipinski definition) is 1. The summed E-state index contributed by atoms with van der Waals surface area (Å²) in [5, 5.41) is 2.97. The third-order valence-corrected chi connectivity index (χ3v) is 2.99. The highest BCUT2D eigenvalue weighted by atomic mass is 19.4. The fourth-order valence-electron chi connectivity index (χ4n) is 1.86. The van der Waals surface area contributed by atoms with Gasteiger partial charge in [-0.3, -0.25) is 4.79 Å². The Hall–Kier alpha value is -2.14. The van der Waals surface area contributed by atoms with Crippen LogP contribution in [0.3, 0.4) is 0 Å². The van der Waals surface area contributed by atoms with Crippen molar-refractivity contribution in [2.24, 2.45) is 0 Å². The van der Waals surface area contributed by atoms with Crippen molar-refractivity contribution in [3.05, 3.63) is 71.3 Å². The number of benzene rings is 2. The van der Waals surface area contributed by atoms with Gasteiger partial charge in [-0.1, -0.05) is 42.5 Å². The molecule has 5 heteroatoms. The normalized spacial score (nSPS) is 11.4. The molecule has 2 rings (SSSR count).